The maximum atomic E-state index is 8.60. The molecular weight excluding hydrogens is 256 g/mol. The summed E-state index contributed by atoms with van der Waals surface area (Å²) in [5.41, 5.74) is 6.05. The first-order chi connectivity index (χ1) is 7.95. The van der Waals surface area contributed by atoms with Gasteiger partial charge in [-0.2, -0.15) is 0 Å². The van der Waals surface area contributed by atoms with E-state index < -0.39 is 0 Å². The highest BCUT2D eigenvalue weighted by molar-refractivity contribution is 8.00. The van der Waals surface area contributed by atoms with Gasteiger partial charge in [0.05, 0.1) is 5.02 Å². The highest BCUT2D eigenvalue weighted by Gasteiger charge is 2.11. The van der Waals surface area contributed by atoms with Crippen molar-refractivity contribution >= 4 is 29.2 Å². The van der Waals surface area contributed by atoms with Crippen LogP contribution in [0.4, 0.5) is 0 Å². The third-order valence-corrected chi connectivity index (χ3v) is 4.34. The molecule has 1 aromatic carbocycles. The molecule has 3 nitrogen and oxygen atoms in total. The molecule has 0 saturated heterocycles. The van der Waals surface area contributed by atoms with E-state index in [-0.39, 0.29) is 5.84 Å². The van der Waals surface area contributed by atoms with Crippen LogP contribution in [0.3, 0.4) is 0 Å². The second kappa shape index (κ2) is 6.17. The Balaban J connectivity index is 2.90. The van der Waals surface area contributed by atoms with Crippen molar-refractivity contribution < 1.29 is 5.21 Å². The minimum Gasteiger partial charge on any atom is -0.409 e. The van der Waals surface area contributed by atoms with Crippen LogP contribution in [0.25, 0.3) is 0 Å². The normalized spacial score (nSPS) is 14.1. The standard InChI is InChI=1S/C12H17ClN2OS/c1-7(2)8(3)17-9-4-5-10(11(13)6-9)12(14)15-16/h4-8,16H,1-3H3,(H2,14,15). The van der Waals surface area contributed by atoms with Gasteiger partial charge in [0.1, 0.15) is 0 Å². The lowest BCUT2D eigenvalue weighted by molar-refractivity contribution is 0.318. The summed E-state index contributed by atoms with van der Waals surface area (Å²) in [5, 5.41) is 12.6. The molecule has 0 saturated carbocycles. The van der Waals surface area contributed by atoms with Gasteiger partial charge in [-0.1, -0.05) is 37.5 Å². The van der Waals surface area contributed by atoms with Gasteiger partial charge in [0.2, 0.25) is 0 Å². The van der Waals surface area contributed by atoms with Crippen LogP contribution in [-0.4, -0.2) is 16.3 Å². The Morgan fingerprint density at radius 1 is 1.41 bits per heavy atom. The fourth-order valence-electron chi connectivity index (χ4n) is 1.18. The van der Waals surface area contributed by atoms with Crippen LogP contribution >= 0.6 is 23.4 Å². The largest absolute Gasteiger partial charge is 0.409 e. The van der Waals surface area contributed by atoms with Gasteiger partial charge in [0, 0.05) is 15.7 Å². The lowest BCUT2D eigenvalue weighted by Crippen LogP contribution is -2.13. The predicted molar refractivity (Wildman–Crippen MR) is 74.1 cm³/mol. The molecule has 1 unspecified atom stereocenters. The molecule has 94 valence electrons. The molecule has 0 aliphatic heterocycles. The molecule has 1 atom stereocenters. The van der Waals surface area contributed by atoms with Crippen molar-refractivity contribution in [3.05, 3.63) is 28.8 Å². The SMILES string of the molecule is CC(C)C(C)Sc1ccc(/C(N)=N/O)c(Cl)c1. The minimum atomic E-state index is 0.0310. The Labute approximate surface area is 111 Å². The molecule has 0 radical (unpaired) electrons. The van der Waals surface area contributed by atoms with E-state index in [2.05, 4.69) is 25.9 Å². The topological polar surface area (TPSA) is 58.6 Å². The third-order valence-electron chi connectivity index (χ3n) is 2.59. The number of hydrogen-bond acceptors (Lipinski definition) is 3. The molecule has 0 heterocycles. The zero-order chi connectivity index (χ0) is 13.0. The second-order valence-corrected chi connectivity index (χ2v) is 6.05. The number of halogens is 1. The van der Waals surface area contributed by atoms with Gasteiger partial charge < -0.3 is 10.9 Å². The molecule has 1 rings (SSSR count). The van der Waals surface area contributed by atoms with Crippen LogP contribution in [0.1, 0.15) is 26.3 Å². The van der Waals surface area contributed by atoms with E-state index in [1.807, 2.05) is 12.1 Å². The Morgan fingerprint density at radius 3 is 2.53 bits per heavy atom. The summed E-state index contributed by atoms with van der Waals surface area (Å²) in [4.78, 5) is 1.09. The summed E-state index contributed by atoms with van der Waals surface area (Å²) in [6.45, 7) is 6.55. The summed E-state index contributed by atoms with van der Waals surface area (Å²) in [6.07, 6.45) is 0. The van der Waals surface area contributed by atoms with E-state index in [0.29, 0.717) is 21.8 Å². The molecule has 17 heavy (non-hydrogen) atoms. The Hall–Kier alpha value is -0.870. The van der Waals surface area contributed by atoms with Crippen LogP contribution in [0.5, 0.6) is 0 Å². The summed E-state index contributed by atoms with van der Waals surface area (Å²) < 4.78 is 0. The number of oxime groups is 1. The zero-order valence-corrected chi connectivity index (χ0v) is 11.7. The van der Waals surface area contributed by atoms with Crippen LogP contribution in [0, 0.1) is 5.92 Å². The Kier molecular flexibility index (Phi) is 5.15. The highest BCUT2D eigenvalue weighted by Crippen LogP contribution is 2.30. The van der Waals surface area contributed by atoms with Crippen molar-refractivity contribution in [2.45, 2.75) is 30.9 Å². The number of amidine groups is 1. The van der Waals surface area contributed by atoms with Crippen LogP contribution in [0.2, 0.25) is 5.02 Å². The molecule has 0 fully saturated rings. The predicted octanol–water partition coefficient (Wildman–Crippen LogP) is 3.57. The lowest BCUT2D eigenvalue weighted by Gasteiger charge is -2.15. The van der Waals surface area contributed by atoms with Crippen LogP contribution in [-0.2, 0) is 0 Å². The van der Waals surface area contributed by atoms with Crippen molar-refractivity contribution in [2.24, 2.45) is 16.8 Å². The van der Waals surface area contributed by atoms with E-state index in [0.717, 1.165) is 4.90 Å². The van der Waals surface area contributed by atoms with E-state index in [4.69, 9.17) is 22.5 Å². The maximum absolute atomic E-state index is 8.60. The number of nitrogens with two attached hydrogens (primary N) is 1. The summed E-state index contributed by atoms with van der Waals surface area (Å²) >= 11 is 7.85. The van der Waals surface area contributed by atoms with Crippen LogP contribution < -0.4 is 5.73 Å². The third kappa shape index (κ3) is 3.82. The van der Waals surface area contributed by atoms with Gasteiger partial charge >= 0.3 is 0 Å². The number of nitrogens with zero attached hydrogens (tertiary/aromatic N) is 1. The van der Waals surface area contributed by atoms with E-state index in [1.165, 1.54) is 0 Å². The second-order valence-electron chi connectivity index (χ2n) is 4.19. The average Bonchev–Trinajstić information content (AvgIpc) is 2.28. The van der Waals surface area contributed by atoms with Gasteiger partial charge in [0.15, 0.2) is 5.84 Å². The lowest BCUT2D eigenvalue weighted by atomic mass is 10.2. The van der Waals surface area contributed by atoms with Crippen LogP contribution in [0.15, 0.2) is 28.3 Å². The fraction of sp³-hybridized carbons (Fsp3) is 0.417. The first kappa shape index (κ1) is 14.2. The molecule has 0 aromatic heterocycles. The molecule has 0 aliphatic carbocycles. The first-order valence-corrected chi connectivity index (χ1v) is 6.65. The fourth-order valence-corrected chi connectivity index (χ4v) is 2.56. The van der Waals surface area contributed by atoms with Crippen molar-refractivity contribution in [3.8, 4) is 0 Å². The average molecular weight is 273 g/mol. The smallest absolute Gasteiger partial charge is 0.171 e. The Morgan fingerprint density at radius 2 is 2.06 bits per heavy atom. The molecule has 0 amide bonds. The first-order valence-electron chi connectivity index (χ1n) is 5.39. The Bertz CT molecular complexity index is 421. The molecule has 3 N–H and O–H groups in total. The van der Waals surface area contributed by atoms with Gasteiger partial charge in [-0.05, 0) is 24.1 Å². The van der Waals surface area contributed by atoms with E-state index in [1.54, 1.807) is 17.8 Å². The molecule has 1 aromatic rings. The minimum absolute atomic E-state index is 0.0310. The summed E-state index contributed by atoms with van der Waals surface area (Å²) in [6, 6.07) is 5.55. The molecule has 0 spiro atoms. The number of rotatable bonds is 4. The van der Waals surface area contributed by atoms with Crippen molar-refractivity contribution in [1.29, 1.82) is 0 Å². The van der Waals surface area contributed by atoms with Crippen molar-refractivity contribution in [1.82, 2.24) is 0 Å². The van der Waals surface area contributed by atoms with Gasteiger partial charge in [-0.25, -0.2) is 0 Å². The number of hydrogen-bond donors (Lipinski definition) is 2. The summed E-state index contributed by atoms with van der Waals surface area (Å²) in [7, 11) is 0. The quantitative estimate of drug-likeness (QED) is 0.290. The van der Waals surface area contributed by atoms with Gasteiger partial charge in [-0.15, -0.1) is 11.8 Å². The van der Waals surface area contributed by atoms with Gasteiger partial charge in [0.25, 0.3) is 0 Å². The molecule has 5 heteroatoms. The molecular formula is C12H17ClN2OS. The zero-order valence-electron chi connectivity index (χ0n) is 10.1. The van der Waals surface area contributed by atoms with E-state index in [9.17, 15) is 0 Å². The highest BCUT2D eigenvalue weighted by atomic mass is 35.5. The van der Waals surface area contributed by atoms with Crippen molar-refractivity contribution in [2.75, 3.05) is 0 Å². The summed E-state index contributed by atoms with van der Waals surface area (Å²) in [5.74, 6) is 0.631. The van der Waals surface area contributed by atoms with Gasteiger partial charge in [-0.3, -0.25) is 0 Å². The molecule has 0 bridgehead atoms. The van der Waals surface area contributed by atoms with Crippen molar-refractivity contribution in [3.63, 3.8) is 0 Å². The number of benzene rings is 1. The monoisotopic (exact) mass is 272 g/mol. The van der Waals surface area contributed by atoms with E-state index >= 15 is 0 Å². The number of thioether (sulfide) groups is 1. The maximum Gasteiger partial charge on any atom is 0.171 e. The molecule has 0 aliphatic rings.